The standard InChI is InChI=1S/C15H20N2O7/c1-3-23-14(21)13(8(2)19)9-4-5-17(15(22)16-9)12-6-10(20)11(7-18)24-12/h4-5,10-12,18-20H,3,6-7H2,1-2H3/b13-8-/t10-,11+,12+/m0/s1. The Kier molecular flexibility index (Phi) is 5.71. The van der Waals surface area contributed by atoms with Gasteiger partial charge in [-0.25, -0.2) is 9.59 Å². The van der Waals surface area contributed by atoms with Crippen LogP contribution < -0.4 is 5.69 Å². The number of esters is 1. The van der Waals surface area contributed by atoms with Gasteiger partial charge >= 0.3 is 11.7 Å². The molecule has 0 spiro atoms. The van der Waals surface area contributed by atoms with Gasteiger partial charge < -0.3 is 24.8 Å². The highest BCUT2D eigenvalue weighted by molar-refractivity contribution is 6.16. The van der Waals surface area contributed by atoms with Crippen LogP contribution in [0, 0.1) is 0 Å². The number of hydrogen-bond acceptors (Lipinski definition) is 8. The Hall–Kier alpha value is -2.23. The summed E-state index contributed by atoms with van der Waals surface area (Å²) in [4.78, 5) is 27.9. The fraction of sp³-hybridized carbons (Fsp3) is 0.533. The van der Waals surface area contributed by atoms with Gasteiger partial charge in [0.15, 0.2) is 0 Å². The molecule has 0 amide bonds. The van der Waals surface area contributed by atoms with Gasteiger partial charge in [0.2, 0.25) is 0 Å². The van der Waals surface area contributed by atoms with Crippen molar-refractivity contribution in [2.45, 2.75) is 38.7 Å². The first-order valence-corrected chi connectivity index (χ1v) is 7.49. The van der Waals surface area contributed by atoms with Crippen LogP contribution in [0.3, 0.4) is 0 Å². The number of hydrogen-bond donors (Lipinski definition) is 3. The minimum absolute atomic E-state index is 0.0213. The first-order chi connectivity index (χ1) is 11.4. The summed E-state index contributed by atoms with van der Waals surface area (Å²) in [5.74, 6) is -1.10. The Labute approximate surface area is 137 Å². The van der Waals surface area contributed by atoms with Crippen LogP contribution in [0.25, 0.3) is 5.57 Å². The molecule has 1 aliphatic heterocycles. The van der Waals surface area contributed by atoms with Crippen molar-refractivity contribution in [2.24, 2.45) is 0 Å². The monoisotopic (exact) mass is 340 g/mol. The molecule has 1 aromatic heterocycles. The molecule has 0 radical (unpaired) electrons. The molecular weight excluding hydrogens is 320 g/mol. The third kappa shape index (κ3) is 3.64. The number of ether oxygens (including phenoxy) is 2. The van der Waals surface area contributed by atoms with Crippen LogP contribution in [0.5, 0.6) is 0 Å². The molecular formula is C15H20N2O7. The van der Waals surface area contributed by atoms with E-state index in [0.29, 0.717) is 0 Å². The molecule has 1 saturated heterocycles. The maximum atomic E-state index is 12.2. The molecule has 2 heterocycles. The molecule has 1 fully saturated rings. The summed E-state index contributed by atoms with van der Waals surface area (Å²) in [5, 5.41) is 28.5. The van der Waals surface area contributed by atoms with Crippen molar-refractivity contribution in [3.63, 3.8) is 0 Å². The van der Waals surface area contributed by atoms with E-state index in [-0.39, 0.29) is 36.7 Å². The number of carbonyl (C=O) groups is 1. The second-order valence-corrected chi connectivity index (χ2v) is 5.30. The van der Waals surface area contributed by atoms with E-state index in [1.54, 1.807) is 6.92 Å². The molecule has 24 heavy (non-hydrogen) atoms. The highest BCUT2D eigenvalue weighted by atomic mass is 16.5. The lowest BCUT2D eigenvalue weighted by Crippen LogP contribution is -2.28. The average Bonchev–Trinajstić information content (AvgIpc) is 2.88. The van der Waals surface area contributed by atoms with Crippen LogP contribution in [-0.4, -0.2) is 56.3 Å². The van der Waals surface area contributed by atoms with E-state index in [1.165, 1.54) is 19.2 Å². The van der Waals surface area contributed by atoms with Crippen molar-refractivity contribution in [2.75, 3.05) is 13.2 Å². The number of rotatable bonds is 5. The zero-order chi connectivity index (χ0) is 17.9. The lowest BCUT2D eigenvalue weighted by atomic mass is 10.1. The predicted molar refractivity (Wildman–Crippen MR) is 82.0 cm³/mol. The number of carbonyl (C=O) groups excluding carboxylic acids is 1. The van der Waals surface area contributed by atoms with Gasteiger partial charge in [-0.1, -0.05) is 0 Å². The molecule has 132 valence electrons. The molecule has 2 rings (SSSR count). The van der Waals surface area contributed by atoms with Gasteiger partial charge in [-0.3, -0.25) is 4.57 Å². The van der Waals surface area contributed by atoms with Gasteiger partial charge in [-0.05, 0) is 19.9 Å². The number of aliphatic hydroxyl groups excluding tert-OH is 3. The van der Waals surface area contributed by atoms with Crippen molar-refractivity contribution < 1.29 is 29.6 Å². The SMILES string of the molecule is CCOC(=O)/C(=C(/C)O)c1ccn([C@H]2C[C@H](O)[C@@H](CO)O2)c(=O)n1. The molecule has 0 saturated carbocycles. The first-order valence-electron chi connectivity index (χ1n) is 7.49. The highest BCUT2D eigenvalue weighted by Crippen LogP contribution is 2.27. The minimum Gasteiger partial charge on any atom is -0.512 e. The third-order valence-electron chi connectivity index (χ3n) is 3.62. The summed E-state index contributed by atoms with van der Waals surface area (Å²) in [7, 11) is 0. The normalized spacial score (nSPS) is 24.6. The van der Waals surface area contributed by atoms with Gasteiger partial charge in [0.25, 0.3) is 0 Å². The van der Waals surface area contributed by atoms with Crippen LogP contribution in [-0.2, 0) is 14.3 Å². The highest BCUT2D eigenvalue weighted by Gasteiger charge is 2.35. The van der Waals surface area contributed by atoms with Crippen molar-refractivity contribution >= 4 is 11.5 Å². The molecule has 3 atom stereocenters. The van der Waals surface area contributed by atoms with E-state index in [0.717, 1.165) is 4.57 Å². The Bertz CT molecular complexity index is 693. The first kappa shape index (κ1) is 18.1. The van der Waals surface area contributed by atoms with Gasteiger partial charge in [0, 0.05) is 12.6 Å². The summed E-state index contributed by atoms with van der Waals surface area (Å²) >= 11 is 0. The topological polar surface area (TPSA) is 131 Å². The predicted octanol–water partition coefficient (Wildman–Crippen LogP) is -0.264. The molecule has 9 heteroatoms. The zero-order valence-corrected chi connectivity index (χ0v) is 13.4. The average molecular weight is 340 g/mol. The van der Waals surface area contributed by atoms with Gasteiger partial charge in [-0.15, -0.1) is 0 Å². The number of aromatic nitrogens is 2. The van der Waals surface area contributed by atoms with Crippen LogP contribution in [0.2, 0.25) is 0 Å². The second kappa shape index (κ2) is 7.56. The lowest BCUT2D eigenvalue weighted by Gasteiger charge is -2.15. The molecule has 1 aromatic rings. The molecule has 3 N–H and O–H groups in total. The lowest BCUT2D eigenvalue weighted by molar-refractivity contribution is -0.136. The number of nitrogens with zero attached hydrogens (tertiary/aromatic N) is 2. The second-order valence-electron chi connectivity index (χ2n) is 5.30. The van der Waals surface area contributed by atoms with E-state index in [2.05, 4.69) is 4.98 Å². The van der Waals surface area contributed by atoms with E-state index < -0.39 is 30.1 Å². The van der Waals surface area contributed by atoms with E-state index in [9.17, 15) is 19.8 Å². The molecule has 0 unspecified atom stereocenters. The van der Waals surface area contributed by atoms with Crippen molar-refractivity contribution in [3.8, 4) is 0 Å². The zero-order valence-electron chi connectivity index (χ0n) is 13.4. The smallest absolute Gasteiger partial charge is 0.350 e. The Balaban J connectivity index is 2.32. The summed E-state index contributed by atoms with van der Waals surface area (Å²) in [6, 6.07) is 1.37. The van der Waals surface area contributed by atoms with Crippen LogP contribution in [0.4, 0.5) is 0 Å². The van der Waals surface area contributed by atoms with Crippen LogP contribution in [0.1, 0.15) is 32.2 Å². The summed E-state index contributed by atoms with van der Waals surface area (Å²) < 4.78 is 11.4. The third-order valence-corrected chi connectivity index (χ3v) is 3.62. The minimum atomic E-state index is -0.888. The van der Waals surface area contributed by atoms with Gasteiger partial charge in [-0.2, -0.15) is 4.98 Å². The maximum absolute atomic E-state index is 12.2. The molecule has 1 aliphatic rings. The summed E-state index contributed by atoms with van der Waals surface area (Å²) in [5.41, 5.74) is -0.931. The summed E-state index contributed by atoms with van der Waals surface area (Å²) in [6.45, 7) is 2.66. The van der Waals surface area contributed by atoms with Crippen molar-refractivity contribution in [1.29, 1.82) is 0 Å². The van der Waals surface area contributed by atoms with Crippen molar-refractivity contribution in [3.05, 3.63) is 34.2 Å². The van der Waals surface area contributed by atoms with Gasteiger partial charge in [0.05, 0.1) is 25.0 Å². The summed E-state index contributed by atoms with van der Waals surface area (Å²) in [6.07, 6.45) is -0.940. The number of allylic oxidation sites excluding steroid dienone is 1. The van der Waals surface area contributed by atoms with Crippen LogP contribution >= 0.6 is 0 Å². The maximum Gasteiger partial charge on any atom is 0.350 e. The molecule has 9 nitrogen and oxygen atoms in total. The Morgan fingerprint density at radius 2 is 2.25 bits per heavy atom. The Morgan fingerprint density at radius 1 is 1.54 bits per heavy atom. The van der Waals surface area contributed by atoms with E-state index >= 15 is 0 Å². The van der Waals surface area contributed by atoms with Gasteiger partial charge in [0.1, 0.15) is 23.7 Å². The molecule has 0 aromatic carbocycles. The van der Waals surface area contributed by atoms with Crippen LogP contribution in [0.15, 0.2) is 22.8 Å². The molecule has 0 aliphatic carbocycles. The van der Waals surface area contributed by atoms with E-state index in [4.69, 9.17) is 14.6 Å². The quantitative estimate of drug-likeness (QED) is 0.379. The Morgan fingerprint density at radius 3 is 2.75 bits per heavy atom. The number of aliphatic hydroxyl groups is 3. The largest absolute Gasteiger partial charge is 0.512 e. The molecule has 0 bridgehead atoms. The fourth-order valence-electron chi connectivity index (χ4n) is 2.46. The van der Waals surface area contributed by atoms with E-state index in [1.807, 2.05) is 0 Å². The van der Waals surface area contributed by atoms with Crippen molar-refractivity contribution in [1.82, 2.24) is 9.55 Å². The fourth-order valence-corrected chi connectivity index (χ4v) is 2.46.